The maximum atomic E-state index is 5.25. The number of aromatic nitrogens is 4. The molecule has 8 heteroatoms. The van der Waals surface area contributed by atoms with Gasteiger partial charge in [0.2, 0.25) is 0 Å². The predicted octanol–water partition coefficient (Wildman–Crippen LogP) is 21.0. The van der Waals surface area contributed by atoms with E-state index >= 15 is 0 Å². The van der Waals surface area contributed by atoms with Crippen molar-refractivity contribution < 1.29 is 0 Å². The van der Waals surface area contributed by atoms with Crippen LogP contribution >= 0.6 is 0 Å². The maximum absolute atomic E-state index is 5.25. The molecule has 0 atom stereocenters. The molecule has 8 nitrogen and oxygen atoms in total. The molecule has 1 N–H and O–H groups in total. The third-order valence-electron chi connectivity index (χ3n) is 16.8. The molecule has 0 aliphatic heterocycles. The molecular weight excluding hydrogens is 1060 g/mol. The summed E-state index contributed by atoms with van der Waals surface area (Å²) in [6.07, 6.45) is 7.47. The Morgan fingerprint density at radius 2 is 0.678 bits per heavy atom. The Morgan fingerprint density at radius 3 is 1.15 bits per heavy atom. The molecule has 0 amide bonds. The van der Waals surface area contributed by atoms with Gasteiger partial charge in [0.25, 0.3) is 0 Å². The summed E-state index contributed by atoms with van der Waals surface area (Å²) in [5.41, 5.74) is 18.0. The molecule has 4 heterocycles. The lowest BCUT2D eigenvalue weighted by Crippen LogP contribution is -2.18. The average Bonchev–Trinajstić information content (AvgIpc) is 1.73. The molecule has 0 saturated heterocycles. The lowest BCUT2D eigenvalue weighted by Gasteiger charge is -2.33. The van der Waals surface area contributed by atoms with Gasteiger partial charge in [0.05, 0.1) is 11.4 Å². The highest BCUT2D eigenvalue weighted by atomic mass is 15.2. The minimum absolute atomic E-state index is 0.419. The van der Waals surface area contributed by atoms with Gasteiger partial charge in [0.15, 0.2) is 0 Å². The molecule has 15 rings (SSSR count). The van der Waals surface area contributed by atoms with E-state index in [1.165, 1.54) is 22.3 Å². The first-order chi connectivity index (χ1) is 42.9. The van der Waals surface area contributed by atoms with Crippen LogP contribution in [-0.4, -0.2) is 19.9 Å². The van der Waals surface area contributed by atoms with E-state index in [2.05, 4.69) is 288 Å². The van der Waals surface area contributed by atoms with Gasteiger partial charge in [-0.3, -0.25) is 14.7 Å². The van der Waals surface area contributed by atoms with Crippen LogP contribution in [0, 0.1) is 0 Å². The molecule has 0 fully saturated rings. The number of hydrogen-bond donors (Lipinski definition) is 1. The fourth-order valence-electron chi connectivity index (χ4n) is 12.6. The standard InChI is InChI=1S/C79H58N8/c1-79(2)71-50-60(84-73-26-12-16-46-80-73)36-44-65(71)67-52-69-70(53-72(67)79)77(86(75-28-14-18-48-82-75)62-39-32-58(33-40-62)55-22-8-4-9-23-55)66-45-43-64(85(74-27-13-17-47-81-74)61-37-30-57(31-38-61)54-20-6-3-7-21-54)51-68(66)78(69)87(76-29-15-19-49-83-76)63-41-34-59(35-42-63)56-24-10-5-11-25-56/h3-53H,1-2H3,(H,80,84). The van der Waals surface area contributed by atoms with Crippen LogP contribution < -0.4 is 20.0 Å². The molecule has 4 aromatic heterocycles. The van der Waals surface area contributed by atoms with E-state index < -0.39 is 5.41 Å². The molecule has 87 heavy (non-hydrogen) atoms. The van der Waals surface area contributed by atoms with Gasteiger partial charge in [-0.1, -0.05) is 178 Å². The SMILES string of the molecule is CC1(C)c2cc(Nc3ccccn3)ccc2-c2cc3c(N(c4ccc(-c5ccccc5)cc4)c4ccccn4)c4cc(N(c5ccc(-c6ccccc6)cc5)c5ccccn5)ccc4c(N(c4ccc(-c5ccccc5)cc4)c4ccccn4)c3cc21. The summed E-state index contributed by atoms with van der Waals surface area (Å²) in [6, 6.07) is 101. The Kier molecular flexibility index (Phi) is 13.4. The number of nitrogens with one attached hydrogen (secondary N) is 1. The van der Waals surface area contributed by atoms with Crippen molar-refractivity contribution in [3.05, 3.63) is 321 Å². The first kappa shape index (κ1) is 52.3. The summed E-state index contributed by atoms with van der Waals surface area (Å²) in [4.78, 5) is 27.1. The molecule has 414 valence electrons. The van der Waals surface area contributed by atoms with Crippen LogP contribution in [0.2, 0.25) is 0 Å². The minimum Gasteiger partial charge on any atom is -0.340 e. The van der Waals surface area contributed by atoms with Gasteiger partial charge in [0.1, 0.15) is 23.3 Å². The number of rotatable bonds is 14. The van der Waals surface area contributed by atoms with Crippen LogP contribution in [-0.2, 0) is 5.41 Å². The number of anilines is 11. The van der Waals surface area contributed by atoms with Crippen LogP contribution in [0.15, 0.2) is 310 Å². The Bertz CT molecular complexity index is 4750. The molecule has 0 bridgehead atoms. The quantitative estimate of drug-likeness (QED) is 0.0853. The second kappa shape index (κ2) is 22.3. The molecular formula is C79H58N8. The normalized spacial score (nSPS) is 12.1. The van der Waals surface area contributed by atoms with E-state index in [4.69, 9.17) is 15.0 Å². The number of pyridine rings is 4. The molecule has 0 unspecified atom stereocenters. The van der Waals surface area contributed by atoms with E-state index in [1.54, 1.807) is 0 Å². The van der Waals surface area contributed by atoms with Gasteiger partial charge in [0, 0.05) is 80.2 Å². The van der Waals surface area contributed by atoms with E-state index in [9.17, 15) is 0 Å². The Hall–Kier alpha value is -11.5. The highest BCUT2D eigenvalue weighted by Gasteiger charge is 2.38. The highest BCUT2D eigenvalue weighted by Crippen LogP contribution is 2.57. The molecule has 14 aromatic rings. The zero-order valence-corrected chi connectivity index (χ0v) is 48.1. The Balaban J connectivity index is 1.06. The number of hydrogen-bond acceptors (Lipinski definition) is 8. The van der Waals surface area contributed by atoms with Crippen molar-refractivity contribution in [3.8, 4) is 44.5 Å². The highest BCUT2D eigenvalue weighted by molar-refractivity contribution is 6.25. The second-order valence-corrected chi connectivity index (χ2v) is 22.4. The van der Waals surface area contributed by atoms with E-state index in [0.29, 0.717) is 0 Å². The number of nitrogens with zero attached hydrogens (tertiary/aromatic N) is 7. The smallest absolute Gasteiger partial charge is 0.137 e. The summed E-state index contributed by atoms with van der Waals surface area (Å²) in [6.45, 7) is 4.71. The first-order valence-corrected chi connectivity index (χ1v) is 29.4. The first-order valence-electron chi connectivity index (χ1n) is 29.4. The number of fused-ring (bicyclic) bond motifs is 5. The predicted molar refractivity (Wildman–Crippen MR) is 360 cm³/mol. The third-order valence-corrected chi connectivity index (χ3v) is 16.8. The van der Waals surface area contributed by atoms with E-state index in [1.807, 2.05) is 61.2 Å². The molecule has 1 aliphatic rings. The third kappa shape index (κ3) is 9.75. The van der Waals surface area contributed by atoms with Gasteiger partial charge >= 0.3 is 0 Å². The zero-order valence-electron chi connectivity index (χ0n) is 48.1. The average molecular weight is 1120 g/mol. The Labute approximate surface area is 506 Å². The summed E-state index contributed by atoms with van der Waals surface area (Å²) in [5.74, 6) is 3.13. The van der Waals surface area contributed by atoms with Crippen molar-refractivity contribution >= 4 is 84.6 Å². The van der Waals surface area contributed by atoms with Crippen molar-refractivity contribution in [1.29, 1.82) is 0 Å². The molecule has 1 aliphatic carbocycles. The summed E-state index contributed by atoms with van der Waals surface area (Å²) < 4.78 is 0. The molecule has 10 aromatic carbocycles. The van der Waals surface area contributed by atoms with Crippen molar-refractivity contribution in [3.63, 3.8) is 0 Å². The zero-order chi connectivity index (χ0) is 58.3. The van der Waals surface area contributed by atoms with Crippen molar-refractivity contribution in [2.75, 3.05) is 20.0 Å². The minimum atomic E-state index is -0.419. The van der Waals surface area contributed by atoms with Crippen LogP contribution in [0.5, 0.6) is 0 Å². The van der Waals surface area contributed by atoms with Gasteiger partial charge in [-0.15, -0.1) is 0 Å². The van der Waals surface area contributed by atoms with E-state index in [-0.39, 0.29) is 0 Å². The summed E-state index contributed by atoms with van der Waals surface area (Å²) in [5, 5.41) is 7.69. The van der Waals surface area contributed by atoms with Crippen molar-refractivity contribution in [2.45, 2.75) is 19.3 Å². The van der Waals surface area contributed by atoms with Gasteiger partial charge in [-0.05, 0) is 177 Å². The van der Waals surface area contributed by atoms with Crippen LogP contribution in [0.25, 0.3) is 66.1 Å². The fraction of sp³-hybridized carbons (Fsp3) is 0.0380. The second-order valence-electron chi connectivity index (χ2n) is 22.4. The van der Waals surface area contributed by atoms with Crippen LogP contribution in [0.4, 0.5) is 63.1 Å². The van der Waals surface area contributed by atoms with Gasteiger partial charge in [-0.2, -0.15) is 0 Å². The topological polar surface area (TPSA) is 73.3 Å². The monoisotopic (exact) mass is 1120 g/mol. The molecule has 0 radical (unpaired) electrons. The number of benzene rings is 10. The summed E-state index contributed by atoms with van der Waals surface area (Å²) >= 11 is 0. The largest absolute Gasteiger partial charge is 0.340 e. The molecule has 0 spiro atoms. The maximum Gasteiger partial charge on any atom is 0.137 e. The summed E-state index contributed by atoms with van der Waals surface area (Å²) in [7, 11) is 0. The Morgan fingerprint density at radius 1 is 0.287 bits per heavy atom. The lowest BCUT2D eigenvalue weighted by molar-refractivity contribution is 0.661. The van der Waals surface area contributed by atoms with Crippen LogP contribution in [0.1, 0.15) is 25.0 Å². The van der Waals surface area contributed by atoms with Gasteiger partial charge in [-0.25, -0.2) is 19.9 Å². The lowest BCUT2D eigenvalue weighted by atomic mass is 9.81. The van der Waals surface area contributed by atoms with Gasteiger partial charge < -0.3 is 5.32 Å². The van der Waals surface area contributed by atoms with E-state index in [0.717, 1.165) is 118 Å². The molecule has 0 saturated carbocycles. The van der Waals surface area contributed by atoms with Crippen molar-refractivity contribution in [1.82, 2.24) is 19.9 Å². The fourth-order valence-corrected chi connectivity index (χ4v) is 12.6. The van der Waals surface area contributed by atoms with Crippen LogP contribution in [0.3, 0.4) is 0 Å². The van der Waals surface area contributed by atoms with Crippen molar-refractivity contribution in [2.24, 2.45) is 0 Å².